The Hall–Kier alpha value is -3.38. The molecule has 0 aliphatic carbocycles. The second-order valence-corrected chi connectivity index (χ2v) is 9.73. The molecule has 0 radical (unpaired) electrons. The van der Waals surface area contributed by atoms with Crippen LogP contribution in [-0.2, 0) is 26.1 Å². The van der Waals surface area contributed by atoms with Crippen LogP contribution in [-0.4, -0.2) is 54.7 Å². The molecule has 0 fully saturated rings. The fraction of sp³-hybridized carbons (Fsp3) is 0.320. The van der Waals surface area contributed by atoms with Gasteiger partial charge in [0.05, 0.1) is 29.7 Å². The number of nitrogens with zero attached hydrogens (tertiary/aromatic N) is 1. The van der Waals surface area contributed by atoms with Gasteiger partial charge < -0.3 is 22.1 Å². The number of pyridine rings is 1. The molecule has 0 saturated carbocycles. The van der Waals surface area contributed by atoms with E-state index < -0.39 is 22.2 Å². The molecule has 0 aliphatic heterocycles. The number of aromatic nitrogens is 1. The van der Waals surface area contributed by atoms with Crippen LogP contribution in [0.4, 0.5) is 5.69 Å². The number of amides is 2. The van der Waals surface area contributed by atoms with Gasteiger partial charge in [-0.05, 0) is 49.9 Å². The minimum Gasteiger partial charge on any atom is -0.343 e. The Kier molecular flexibility index (Phi) is 11.4. The van der Waals surface area contributed by atoms with Gasteiger partial charge in [-0.2, -0.15) is 8.42 Å². The van der Waals surface area contributed by atoms with Crippen molar-refractivity contribution in [3.05, 3.63) is 72.4 Å². The summed E-state index contributed by atoms with van der Waals surface area (Å²) in [5.74, 6) is -0.648. The maximum atomic E-state index is 13.0. The van der Waals surface area contributed by atoms with Crippen molar-refractivity contribution < 1.29 is 22.6 Å². The van der Waals surface area contributed by atoms with Crippen LogP contribution < -0.4 is 22.1 Å². The number of fused-ring (bicyclic) bond motifs is 1. The second kappa shape index (κ2) is 14.2. The molecule has 11 heteroatoms. The SMILES string of the molecule is CS(=O)(=O)O.NCCC[C@H](N)C(=O)N[C@H](CCc1ccccc1)C(=O)Nc1cnc2ccccc2c1. The Balaban J connectivity index is 0.000000830. The molecule has 2 atom stereocenters. The second-order valence-electron chi connectivity index (χ2n) is 8.26. The average molecular weight is 516 g/mol. The number of nitrogens with one attached hydrogen (secondary N) is 2. The lowest BCUT2D eigenvalue weighted by molar-refractivity contribution is -0.127. The molecule has 0 bridgehead atoms. The molecule has 36 heavy (non-hydrogen) atoms. The molecule has 10 nitrogen and oxygen atoms in total. The molecular weight excluding hydrogens is 482 g/mol. The van der Waals surface area contributed by atoms with E-state index in [2.05, 4.69) is 15.6 Å². The number of anilines is 1. The minimum atomic E-state index is -3.67. The first-order chi connectivity index (χ1) is 17.1. The highest BCUT2D eigenvalue weighted by atomic mass is 32.2. The van der Waals surface area contributed by atoms with Gasteiger partial charge in [0, 0.05) is 5.39 Å². The normalized spacial score (nSPS) is 12.7. The summed E-state index contributed by atoms with van der Waals surface area (Å²) in [5, 5.41) is 6.62. The van der Waals surface area contributed by atoms with Crippen LogP contribution in [0.5, 0.6) is 0 Å². The molecule has 7 N–H and O–H groups in total. The average Bonchev–Trinajstić information content (AvgIpc) is 2.84. The van der Waals surface area contributed by atoms with Crippen molar-refractivity contribution in [3.8, 4) is 0 Å². The largest absolute Gasteiger partial charge is 0.343 e. The third kappa shape index (κ3) is 10.9. The van der Waals surface area contributed by atoms with Crippen molar-refractivity contribution in [3.63, 3.8) is 0 Å². The van der Waals surface area contributed by atoms with Crippen LogP contribution in [0, 0.1) is 0 Å². The highest BCUT2D eigenvalue weighted by Crippen LogP contribution is 2.17. The fourth-order valence-corrected chi connectivity index (χ4v) is 3.34. The number of carbonyl (C=O) groups is 2. The molecule has 1 heterocycles. The molecular formula is C25H33N5O5S. The number of aryl methyl sites for hydroxylation is 1. The summed E-state index contributed by atoms with van der Waals surface area (Å²) in [4.78, 5) is 29.9. The van der Waals surface area contributed by atoms with Crippen molar-refractivity contribution in [1.29, 1.82) is 0 Å². The zero-order valence-electron chi connectivity index (χ0n) is 20.1. The van der Waals surface area contributed by atoms with Crippen molar-refractivity contribution in [2.45, 2.75) is 37.8 Å². The maximum absolute atomic E-state index is 13.0. The molecule has 3 rings (SSSR count). The van der Waals surface area contributed by atoms with Crippen LogP contribution in [0.15, 0.2) is 66.9 Å². The molecule has 2 amide bonds. The van der Waals surface area contributed by atoms with Gasteiger partial charge in [-0.15, -0.1) is 0 Å². The summed E-state index contributed by atoms with van der Waals surface area (Å²) in [6, 6.07) is 18.0. The van der Waals surface area contributed by atoms with Crippen LogP contribution in [0.25, 0.3) is 10.9 Å². The molecule has 3 aromatic rings. The Morgan fingerprint density at radius 3 is 2.33 bits per heavy atom. The van der Waals surface area contributed by atoms with Gasteiger partial charge >= 0.3 is 0 Å². The smallest absolute Gasteiger partial charge is 0.261 e. The van der Waals surface area contributed by atoms with E-state index in [1.165, 1.54) is 0 Å². The number of rotatable bonds is 10. The van der Waals surface area contributed by atoms with E-state index in [1.807, 2.05) is 60.7 Å². The van der Waals surface area contributed by atoms with Gasteiger partial charge in [-0.25, -0.2) is 0 Å². The first-order valence-electron chi connectivity index (χ1n) is 11.4. The summed E-state index contributed by atoms with van der Waals surface area (Å²) in [6.45, 7) is 0.466. The quantitative estimate of drug-likeness (QED) is 0.254. The lowest BCUT2D eigenvalue weighted by atomic mass is 10.0. The van der Waals surface area contributed by atoms with E-state index in [-0.39, 0.29) is 11.8 Å². The van der Waals surface area contributed by atoms with Gasteiger partial charge in [0.15, 0.2) is 0 Å². The minimum absolute atomic E-state index is 0.299. The standard InChI is InChI=1S/C24H29N5O2.CH4O3S/c25-14-6-10-20(26)23(30)29-22(13-12-17-7-2-1-3-8-17)24(31)28-19-15-18-9-4-5-11-21(18)27-16-19;1-5(2,3)4/h1-5,7-9,11,15-16,20,22H,6,10,12-14,25-26H2,(H,28,31)(H,29,30);1H3,(H,2,3,4)/t20-,22+;/m0./s1. The third-order valence-corrected chi connectivity index (χ3v) is 5.11. The van der Waals surface area contributed by atoms with E-state index in [9.17, 15) is 18.0 Å². The van der Waals surface area contributed by atoms with Crippen LogP contribution >= 0.6 is 0 Å². The Bertz CT molecular complexity index is 1230. The van der Waals surface area contributed by atoms with Gasteiger partial charge in [-0.3, -0.25) is 19.1 Å². The summed E-state index contributed by atoms with van der Waals surface area (Å²) in [7, 11) is -3.67. The molecule has 0 aliphatic rings. The van der Waals surface area contributed by atoms with Gasteiger partial charge in [0.25, 0.3) is 10.1 Å². The number of carbonyl (C=O) groups excluding carboxylic acids is 2. The number of benzene rings is 2. The lowest BCUT2D eigenvalue weighted by Crippen LogP contribution is -2.50. The molecule has 2 aromatic carbocycles. The lowest BCUT2D eigenvalue weighted by Gasteiger charge is -2.21. The first kappa shape index (κ1) is 28.9. The fourth-order valence-electron chi connectivity index (χ4n) is 3.34. The molecule has 1 aromatic heterocycles. The number of para-hydroxylation sites is 1. The number of nitrogens with two attached hydrogens (primary N) is 2. The topological polar surface area (TPSA) is 178 Å². The predicted molar refractivity (Wildman–Crippen MR) is 141 cm³/mol. The summed E-state index contributed by atoms with van der Waals surface area (Å²) in [6.07, 6.45) is 4.55. The predicted octanol–water partition coefficient (Wildman–Crippen LogP) is 1.86. The van der Waals surface area contributed by atoms with Gasteiger partial charge in [0.1, 0.15) is 6.04 Å². The monoisotopic (exact) mass is 515 g/mol. The van der Waals surface area contributed by atoms with E-state index in [0.29, 0.717) is 44.2 Å². The summed E-state index contributed by atoms with van der Waals surface area (Å²) >= 11 is 0. The summed E-state index contributed by atoms with van der Waals surface area (Å²) in [5.41, 5.74) is 14.0. The summed E-state index contributed by atoms with van der Waals surface area (Å²) < 4.78 is 25.9. The Labute approximate surface area is 211 Å². The van der Waals surface area contributed by atoms with Crippen molar-refractivity contribution in [2.75, 3.05) is 18.1 Å². The van der Waals surface area contributed by atoms with Crippen molar-refractivity contribution in [2.24, 2.45) is 11.5 Å². The van der Waals surface area contributed by atoms with Gasteiger partial charge in [0.2, 0.25) is 11.8 Å². The van der Waals surface area contributed by atoms with E-state index in [4.69, 9.17) is 16.0 Å². The third-order valence-electron chi connectivity index (χ3n) is 5.11. The highest BCUT2D eigenvalue weighted by Gasteiger charge is 2.24. The molecule has 0 saturated heterocycles. The van der Waals surface area contributed by atoms with Crippen LogP contribution in [0.2, 0.25) is 0 Å². The molecule has 0 unspecified atom stereocenters. The van der Waals surface area contributed by atoms with Crippen molar-refractivity contribution >= 4 is 38.5 Å². The van der Waals surface area contributed by atoms with Gasteiger partial charge in [-0.1, -0.05) is 48.5 Å². The van der Waals surface area contributed by atoms with E-state index in [1.54, 1.807) is 6.20 Å². The zero-order chi connectivity index (χ0) is 26.6. The number of hydrogen-bond donors (Lipinski definition) is 5. The zero-order valence-corrected chi connectivity index (χ0v) is 20.9. The van der Waals surface area contributed by atoms with Crippen LogP contribution in [0.1, 0.15) is 24.8 Å². The first-order valence-corrected chi connectivity index (χ1v) is 13.3. The Morgan fingerprint density at radius 2 is 1.67 bits per heavy atom. The Morgan fingerprint density at radius 1 is 1.03 bits per heavy atom. The van der Waals surface area contributed by atoms with Crippen LogP contribution in [0.3, 0.4) is 0 Å². The maximum Gasteiger partial charge on any atom is 0.261 e. The molecule has 194 valence electrons. The van der Waals surface area contributed by atoms with Crippen molar-refractivity contribution in [1.82, 2.24) is 10.3 Å². The van der Waals surface area contributed by atoms with E-state index >= 15 is 0 Å². The highest BCUT2D eigenvalue weighted by molar-refractivity contribution is 7.85. The molecule has 0 spiro atoms. The number of hydrogen-bond acceptors (Lipinski definition) is 7. The van der Waals surface area contributed by atoms with E-state index in [0.717, 1.165) is 16.5 Å².